The van der Waals surface area contributed by atoms with E-state index in [1.165, 1.54) is 22.3 Å². The zero-order valence-electron chi connectivity index (χ0n) is 10.6. The van der Waals surface area contributed by atoms with Gasteiger partial charge in [0, 0.05) is 11.8 Å². The van der Waals surface area contributed by atoms with E-state index in [1.807, 2.05) is 25.3 Å². The van der Waals surface area contributed by atoms with Gasteiger partial charge in [0.05, 0.1) is 5.69 Å². The molecular formula is C16H17N. The van der Waals surface area contributed by atoms with Gasteiger partial charge in [-0.3, -0.25) is 4.98 Å². The Morgan fingerprint density at radius 2 is 1.82 bits per heavy atom. The fourth-order valence-electron chi connectivity index (χ4n) is 1.96. The average Bonchev–Trinajstić information content (AvgIpc) is 2.33. The summed E-state index contributed by atoms with van der Waals surface area (Å²) in [6, 6.07) is 10.6. The molecule has 0 fully saturated rings. The monoisotopic (exact) mass is 223 g/mol. The van der Waals surface area contributed by atoms with Gasteiger partial charge in [-0.2, -0.15) is 0 Å². The van der Waals surface area contributed by atoms with Gasteiger partial charge in [-0.15, -0.1) is 0 Å². The largest absolute Gasteiger partial charge is 0.256 e. The highest BCUT2D eigenvalue weighted by atomic mass is 14.7. The van der Waals surface area contributed by atoms with E-state index in [-0.39, 0.29) is 0 Å². The number of benzene rings is 1. The Labute approximate surface area is 103 Å². The van der Waals surface area contributed by atoms with Crippen molar-refractivity contribution in [2.45, 2.75) is 20.8 Å². The Morgan fingerprint density at radius 3 is 2.47 bits per heavy atom. The Kier molecular flexibility index (Phi) is 3.38. The van der Waals surface area contributed by atoms with Crippen LogP contribution in [0.15, 0.2) is 42.6 Å². The third kappa shape index (κ3) is 2.44. The van der Waals surface area contributed by atoms with Crippen molar-refractivity contribution < 1.29 is 0 Å². The second-order valence-electron chi connectivity index (χ2n) is 4.24. The molecule has 0 radical (unpaired) electrons. The molecule has 1 heterocycles. The zero-order valence-corrected chi connectivity index (χ0v) is 10.6. The molecule has 0 saturated carbocycles. The first-order valence-electron chi connectivity index (χ1n) is 5.87. The summed E-state index contributed by atoms with van der Waals surface area (Å²) in [5.41, 5.74) is 5.99. The van der Waals surface area contributed by atoms with Crippen molar-refractivity contribution >= 4 is 6.08 Å². The molecule has 2 aromatic rings. The van der Waals surface area contributed by atoms with Crippen molar-refractivity contribution in [2.24, 2.45) is 0 Å². The van der Waals surface area contributed by atoms with E-state index in [0.29, 0.717) is 0 Å². The van der Waals surface area contributed by atoms with Gasteiger partial charge < -0.3 is 0 Å². The number of nitrogens with zero attached hydrogens (tertiary/aromatic N) is 1. The summed E-state index contributed by atoms with van der Waals surface area (Å²) in [7, 11) is 0. The number of rotatable bonds is 2. The van der Waals surface area contributed by atoms with Crippen molar-refractivity contribution in [3.63, 3.8) is 0 Å². The van der Waals surface area contributed by atoms with Gasteiger partial charge in [-0.1, -0.05) is 30.3 Å². The number of aromatic nitrogens is 1. The molecule has 0 amide bonds. The highest BCUT2D eigenvalue weighted by Crippen LogP contribution is 2.24. The second-order valence-corrected chi connectivity index (χ2v) is 4.24. The molecule has 0 aliphatic carbocycles. The number of hydrogen-bond donors (Lipinski definition) is 0. The van der Waals surface area contributed by atoms with Crippen LogP contribution >= 0.6 is 0 Å². The van der Waals surface area contributed by atoms with E-state index >= 15 is 0 Å². The molecule has 0 aliphatic heterocycles. The minimum absolute atomic E-state index is 1.05. The number of allylic oxidation sites excluding steroid dienone is 1. The average molecular weight is 223 g/mol. The molecule has 86 valence electrons. The van der Waals surface area contributed by atoms with Crippen molar-refractivity contribution in [3.8, 4) is 11.1 Å². The van der Waals surface area contributed by atoms with E-state index in [4.69, 9.17) is 0 Å². The third-order valence-corrected chi connectivity index (χ3v) is 2.90. The zero-order chi connectivity index (χ0) is 12.3. The maximum atomic E-state index is 4.50. The van der Waals surface area contributed by atoms with E-state index in [1.54, 1.807) is 0 Å². The van der Waals surface area contributed by atoms with E-state index in [9.17, 15) is 0 Å². The third-order valence-electron chi connectivity index (χ3n) is 2.90. The molecule has 17 heavy (non-hydrogen) atoms. The predicted molar refractivity (Wildman–Crippen MR) is 73.9 cm³/mol. The molecule has 0 saturated heterocycles. The van der Waals surface area contributed by atoms with Crippen LogP contribution < -0.4 is 0 Å². The minimum atomic E-state index is 1.05. The lowest BCUT2D eigenvalue weighted by atomic mass is 10.0. The van der Waals surface area contributed by atoms with Crippen LogP contribution in [-0.2, 0) is 0 Å². The molecular weight excluding hydrogens is 206 g/mol. The quantitative estimate of drug-likeness (QED) is 0.735. The summed E-state index contributed by atoms with van der Waals surface area (Å²) in [5.74, 6) is 0. The van der Waals surface area contributed by atoms with Crippen molar-refractivity contribution in [1.29, 1.82) is 0 Å². The maximum Gasteiger partial charge on any atom is 0.0655 e. The van der Waals surface area contributed by atoms with Crippen LogP contribution in [0.5, 0.6) is 0 Å². The van der Waals surface area contributed by atoms with Crippen LogP contribution in [0.3, 0.4) is 0 Å². The van der Waals surface area contributed by atoms with Gasteiger partial charge in [0.25, 0.3) is 0 Å². The lowest BCUT2D eigenvalue weighted by Gasteiger charge is -2.07. The Morgan fingerprint density at radius 1 is 1.06 bits per heavy atom. The van der Waals surface area contributed by atoms with Crippen LogP contribution in [0.4, 0.5) is 0 Å². The first-order chi connectivity index (χ1) is 8.22. The lowest BCUT2D eigenvalue weighted by Crippen LogP contribution is -1.90. The van der Waals surface area contributed by atoms with E-state index < -0.39 is 0 Å². The number of pyridine rings is 1. The standard InChI is InChI=1S/C16H17N/c1-4-7-16-13(3)10-14(11-17-16)15-9-6-5-8-12(15)2/h4-11H,1-3H3/b7-4-. The molecule has 2 rings (SSSR count). The molecule has 0 atom stereocenters. The first-order valence-corrected chi connectivity index (χ1v) is 5.87. The highest BCUT2D eigenvalue weighted by Gasteiger charge is 2.03. The van der Waals surface area contributed by atoms with E-state index in [2.05, 4.69) is 49.2 Å². The SMILES string of the molecule is C/C=C\c1ncc(-c2ccccc2C)cc1C. The highest BCUT2D eigenvalue weighted by molar-refractivity contribution is 5.68. The molecule has 1 aromatic heterocycles. The van der Waals surface area contributed by atoms with Crippen molar-refractivity contribution in [3.05, 3.63) is 59.4 Å². The molecule has 1 nitrogen and oxygen atoms in total. The summed E-state index contributed by atoms with van der Waals surface area (Å²) in [4.78, 5) is 4.50. The lowest BCUT2D eigenvalue weighted by molar-refractivity contribution is 1.23. The van der Waals surface area contributed by atoms with Gasteiger partial charge in [0.2, 0.25) is 0 Å². The van der Waals surface area contributed by atoms with Crippen LogP contribution in [0, 0.1) is 13.8 Å². The molecule has 0 bridgehead atoms. The Hall–Kier alpha value is -1.89. The predicted octanol–water partition coefficient (Wildman–Crippen LogP) is 4.40. The van der Waals surface area contributed by atoms with Crippen LogP contribution in [0.1, 0.15) is 23.7 Å². The maximum absolute atomic E-state index is 4.50. The smallest absolute Gasteiger partial charge is 0.0655 e. The van der Waals surface area contributed by atoms with Crippen LogP contribution in [0.2, 0.25) is 0 Å². The molecule has 1 aromatic carbocycles. The summed E-state index contributed by atoms with van der Waals surface area (Å²) >= 11 is 0. The topological polar surface area (TPSA) is 12.9 Å². The molecule has 0 spiro atoms. The van der Waals surface area contributed by atoms with Crippen LogP contribution in [0.25, 0.3) is 17.2 Å². The number of hydrogen-bond acceptors (Lipinski definition) is 1. The molecule has 0 unspecified atom stereocenters. The summed E-state index contributed by atoms with van der Waals surface area (Å²) in [6.07, 6.45) is 6.00. The van der Waals surface area contributed by atoms with Gasteiger partial charge in [-0.05, 0) is 49.6 Å². The van der Waals surface area contributed by atoms with Gasteiger partial charge in [0.15, 0.2) is 0 Å². The first kappa shape index (κ1) is 11.6. The van der Waals surface area contributed by atoms with Crippen molar-refractivity contribution in [2.75, 3.05) is 0 Å². The second kappa shape index (κ2) is 4.96. The summed E-state index contributed by atoms with van der Waals surface area (Å²) < 4.78 is 0. The van der Waals surface area contributed by atoms with Gasteiger partial charge in [-0.25, -0.2) is 0 Å². The Balaban J connectivity index is 2.48. The normalized spacial score (nSPS) is 11.0. The molecule has 1 heteroatoms. The van der Waals surface area contributed by atoms with Crippen molar-refractivity contribution in [1.82, 2.24) is 4.98 Å². The molecule has 0 N–H and O–H groups in total. The number of aryl methyl sites for hydroxylation is 2. The minimum Gasteiger partial charge on any atom is -0.256 e. The van der Waals surface area contributed by atoms with Gasteiger partial charge in [0.1, 0.15) is 0 Å². The summed E-state index contributed by atoms with van der Waals surface area (Å²) in [6.45, 7) is 6.24. The fourth-order valence-corrected chi connectivity index (χ4v) is 1.96. The van der Waals surface area contributed by atoms with Crippen LogP contribution in [-0.4, -0.2) is 4.98 Å². The van der Waals surface area contributed by atoms with E-state index in [0.717, 1.165) is 5.69 Å². The fraction of sp³-hybridized carbons (Fsp3) is 0.188. The summed E-state index contributed by atoms with van der Waals surface area (Å²) in [5, 5.41) is 0. The van der Waals surface area contributed by atoms with Gasteiger partial charge >= 0.3 is 0 Å². The molecule has 0 aliphatic rings. The Bertz CT molecular complexity index is 553.